The van der Waals surface area contributed by atoms with Gasteiger partial charge in [-0.05, 0) is 12.1 Å². The van der Waals surface area contributed by atoms with Crippen LogP contribution in [0.15, 0.2) is 23.0 Å². The summed E-state index contributed by atoms with van der Waals surface area (Å²) in [5, 5.41) is 9.79. The topological polar surface area (TPSA) is 91.9 Å². The number of aromatic nitrogens is 1. The molecule has 0 saturated carbocycles. The summed E-state index contributed by atoms with van der Waals surface area (Å²) in [5.74, 6) is 0.872. The summed E-state index contributed by atoms with van der Waals surface area (Å²) in [6.45, 7) is 1.56. The molecule has 23 heavy (non-hydrogen) atoms. The van der Waals surface area contributed by atoms with Crippen molar-refractivity contribution in [3.63, 3.8) is 0 Å². The molecule has 1 aromatic heterocycles. The molecule has 0 aliphatic rings. The van der Waals surface area contributed by atoms with Crippen LogP contribution in [-0.2, 0) is 11.3 Å². The van der Waals surface area contributed by atoms with Gasteiger partial charge in [0.1, 0.15) is 0 Å². The Labute approximate surface area is 133 Å². The Morgan fingerprint density at radius 2 is 1.87 bits per heavy atom. The molecule has 0 aliphatic carbocycles. The van der Waals surface area contributed by atoms with Crippen LogP contribution in [0.2, 0.25) is 0 Å². The fraction of sp³-hybridized carbons (Fsp3) is 0.375. The number of aliphatic hydroxyl groups is 1. The first-order valence-electron chi connectivity index (χ1n) is 7.14. The van der Waals surface area contributed by atoms with E-state index in [4.69, 9.17) is 14.6 Å². The number of hydrogen-bond acceptors (Lipinski definition) is 5. The minimum atomic E-state index is -0.283. The van der Waals surface area contributed by atoms with Gasteiger partial charge in [0.25, 0.3) is 5.56 Å². The third-order valence-corrected chi connectivity index (χ3v) is 3.60. The van der Waals surface area contributed by atoms with Crippen molar-refractivity contribution in [1.29, 1.82) is 0 Å². The van der Waals surface area contributed by atoms with Gasteiger partial charge >= 0.3 is 0 Å². The Balaban J connectivity index is 2.47. The van der Waals surface area contributed by atoms with E-state index in [-0.39, 0.29) is 31.2 Å². The highest BCUT2D eigenvalue weighted by Gasteiger charge is 2.13. The number of benzene rings is 1. The summed E-state index contributed by atoms with van der Waals surface area (Å²) in [7, 11) is 3.06. The van der Waals surface area contributed by atoms with Gasteiger partial charge in [-0.15, -0.1) is 0 Å². The van der Waals surface area contributed by atoms with Gasteiger partial charge in [0.05, 0.1) is 32.9 Å². The number of rotatable bonds is 6. The Kier molecular flexibility index (Phi) is 5.23. The van der Waals surface area contributed by atoms with Crippen LogP contribution < -0.4 is 15.0 Å². The zero-order valence-corrected chi connectivity index (χ0v) is 13.4. The van der Waals surface area contributed by atoms with E-state index in [1.807, 2.05) is 0 Å². The van der Waals surface area contributed by atoms with Crippen molar-refractivity contribution in [3.8, 4) is 11.5 Å². The number of hydrogen-bond donors (Lipinski definition) is 2. The number of nitrogens with one attached hydrogen (secondary N) is 1. The molecule has 0 fully saturated rings. The van der Waals surface area contributed by atoms with E-state index >= 15 is 0 Å². The number of ether oxygens (including phenoxy) is 2. The van der Waals surface area contributed by atoms with Gasteiger partial charge < -0.3 is 24.5 Å². The average molecular weight is 320 g/mol. The van der Waals surface area contributed by atoms with Crippen molar-refractivity contribution < 1.29 is 19.4 Å². The molecule has 2 rings (SSSR count). The highest BCUT2D eigenvalue weighted by molar-refractivity contribution is 5.83. The molecular formula is C16H20N2O5. The molecule has 0 radical (unpaired) electrons. The Hall–Kier alpha value is -2.54. The van der Waals surface area contributed by atoms with Crippen LogP contribution >= 0.6 is 0 Å². The molecule has 0 atom stereocenters. The molecule has 7 heteroatoms. The number of carbonyl (C=O) groups excluding carboxylic acids is 1. The van der Waals surface area contributed by atoms with Crippen LogP contribution in [0.4, 0.5) is 0 Å². The summed E-state index contributed by atoms with van der Waals surface area (Å²) in [4.78, 5) is 28.0. The van der Waals surface area contributed by atoms with E-state index < -0.39 is 0 Å². The van der Waals surface area contributed by atoms with Crippen molar-refractivity contribution in [3.05, 3.63) is 34.1 Å². The number of H-pyrrole nitrogens is 1. The molecule has 0 spiro atoms. The molecule has 124 valence electrons. The minimum Gasteiger partial charge on any atom is -0.493 e. The second kappa shape index (κ2) is 7.15. The van der Waals surface area contributed by atoms with E-state index in [2.05, 4.69) is 4.98 Å². The lowest BCUT2D eigenvalue weighted by Gasteiger charge is -2.19. The lowest BCUT2D eigenvalue weighted by molar-refractivity contribution is -0.129. The molecule has 7 nitrogen and oxygen atoms in total. The number of methoxy groups -OCH3 is 2. The second-order valence-electron chi connectivity index (χ2n) is 5.08. The van der Waals surface area contributed by atoms with E-state index in [0.29, 0.717) is 22.6 Å². The van der Waals surface area contributed by atoms with Crippen LogP contribution in [-0.4, -0.2) is 48.3 Å². The maximum atomic E-state index is 12.2. The largest absolute Gasteiger partial charge is 0.493 e. The van der Waals surface area contributed by atoms with E-state index in [9.17, 15) is 9.59 Å². The van der Waals surface area contributed by atoms with Crippen molar-refractivity contribution >= 4 is 16.8 Å². The average Bonchev–Trinajstić information content (AvgIpc) is 2.53. The van der Waals surface area contributed by atoms with Crippen LogP contribution in [0.25, 0.3) is 10.9 Å². The predicted octanol–water partition coefficient (Wildman–Crippen LogP) is 0.886. The number of amides is 1. The summed E-state index contributed by atoms with van der Waals surface area (Å²) in [6, 6.07) is 5.16. The van der Waals surface area contributed by atoms with Crippen molar-refractivity contribution in [2.24, 2.45) is 0 Å². The quantitative estimate of drug-likeness (QED) is 0.824. The van der Waals surface area contributed by atoms with Gasteiger partial charge in [-0.1, -0.05) is 0 Å². The Bertz CT molecular complexity index is 769. The number of carbonyl (C=O) groups is 1. The van der Waals surface area contributed by atoms with Crippen LogP contribution in [0.3, 0.4) is 0 Å². The third kappa shape index (κ3) is 3.62. The van der Waals surface area contributed by atoms with Crippen LogP contribution in [0, 0.1) is 0 Å². The SMILES string of the molecule is COc1cc2cc(CN(CCO)C(C)=O)c(=O)[nH]c2cc1OC. The van der Waals surface area contributed by atoms with Gasteiger partial charge in [-0.3, -0.25) is 9.59 Å². The monoisotopic (exact) mass is 320 g/mol. The highest BCUT2D eigenvalue weighted by Crippen LogP contribution is 2.31. The van der Waals surface area contributed by atoms with Crippen LogP contribution in [0.1, 0.15) is 12.5 Å². The molecule has 2 aromatic rings. The van der Waals surface area contributed by atoms with E-state index in [1.165, 1.54) is 26.0 Å². The molecule has 1 amide bonds. The fourth-order valence-corrected chi connectivity index (χ4v) is 2.37. The standard InChI is InChI=1S/C16H20N2O5/c1-10(20)18(4-5-19)9-12-6-11-7-14(22-2)15(23-3)8-13(11)17-16(12)21/h6-8,19H,4-5,9H2,1-3H3,(H,17,21). The molecule has 0 saturated heterocycles. The summed E-state index contributed by atoms with van der Waals surface area (Å²) < 4.78 is 10.5. The maximum absolute atomic E-state index is 12.2. The normalized spacial score (nSPS) is 10.6. The lowest BCUT2D eigenvalue weighted by atomic mass is 10.1. The Morgan fingerprint density at radius 3 is 2.43 bits per heavy atom. The maximum Gasteiger partial charge on any atom is 0.253 e. The first-order chi connectivity index (χ1) is 11.0. The molecule has 1 aromatic carbocycles. The van der Waals surface area contributed by atoms with Crippen molar-refractivity contribution in [2.45, 2.75) is 13.5 Å². The summed E-state index contributed by atoms with van der Waals surface area (Å²) >= 11 is 0. The summed E-state index contributed by atoms with van der Waals surface area (Å²) in [6.07, 6.45) is 0. The first-order valence-corrected chi connectivity index (χ1v) is 7.14. The van der Waals surface area contributed by atoms with E-state index in [0.717, 1.165) is 5.39 Å². The van der Waals surface area contributed by atoms with Crippen LogP contribution in [0.5, 0.6) is 11.5 Å². The molecule has 0 bridgehead atoms. The lowest BCUT2D eigenvalue weighted by Crippen LogP contribution is -2.33. The van der Waals surface area contributed by atoms with Crippen molar-refractivity contribution in [2.75, 3.05) is 27.4 Å². The molecule has 0 unspecified atom stereocenters. The van der Waals surface area contributed by atoms with Gasteiger partial charge in [0, 0.05) is 30.5 Å². The van der Waals surface area contributed by atoms with Gasteiger partial charge in [-0.2, -0.15) is 0 Å². The van der Waals surface area contributed by atoms with Gasteiger partial charge in [-0.25, -0.2) is 0 Å². The third-order valence-electron chi connectivity index (χ3n) is 3.60. The number of nitrogens with zero attached hydrogens (tertiary/aromatic N) is 1. The predicted molar refractivity (Wildman–Crippen MR) is 85.8 cm³/mol. The van der Waals surface area contributed by atoms with Crippen molar-refractivity contribution in [1.82, 2.24) is 9.88 Å². The zero-order valence-electron chi connectivity index (χ0n) is 13.4. The highest BCUT2D eigenvalue weighted by atomic mass is 16.5. The molecule has 1 heterocycles. The zero-order chi connectivity index (χ0) is 17.0. The second-order valence-corrected chi connectivity index (χ2v) is 5.08. The minimum absolute atomic E-state index is 0.134. The number of aromatic amines is 1. The summed E-state index contributed by atoms with van der Waals surface area (Å²) in [5.41, 5.74) is 0.773. The van der Waals surface area contributed by atoms with Gasteiger partial charge in [0.2, 0.25) is 5.91 Å². The smallest absolute Gasteiger partial charge is 0.253 e. The molecule has 0 aliphatic heterocycles. The molecule has 2 N–H and O–H groups in total. The number of pyridine rings is 1. The Morgan fingerprint density at radius 1 is 1.22 bits per heavy atom. The van der Waals surface area contributed by atoms with Gasteiger partial charge in [0.15, 0.2) is 11.5 Å². The van der Waals surface area contributed by atoms with E-state index in [1.54, 1.807) is 18.2 Å². The number of aliphatic hydroxyl groups excluding tert-OH is 1. The fourth-order valence-electron chi connectivity index (χ4n) is 2.37. The number of fused-ring (bicyclic) bond motifs is 1. The first kappa shape index (κ1) is 16.8. The molecular weight excluding hydrogens is 300 g/mol.